The molecular weight excluding hydrogens is 208 g/mol. The molecule has 3 N–H and O–H groups in total. The standard InChI is InChI=1S/C10H20N2OS.CH4/c11-4-1-2-8-3-5-12-9(7-14)10(13)6-8;/h8-9,12,14H,1-7,11H2;1H4/t8?,9-;/m0./s1. The van der Waals surface area contributed by atoms with Crippen LogP contribution in [0.1, 0.15) is 33.1 Å². The molecule has 0 aliphatic carbocycles. The van der Waals surface area contributed by atoms with Gasteiger partial charge in [0.1, 0.15) is 0 Å². The fourth-order valence-electron chi connectivity index (χ4n) is 1.92. The van der Waals surface area contributed by atoms with E-state index in [-0.39, 0.29) is 13.5 Å². The lowest BCUT2D eigenvalue weighted by atomic mass is 9.94. The maximum atomic E-state index is 11.7. The van der Waals surface area contributed by atoms with E-state index in [1.807, 2.05) is 0 Å². The van der Waals surface area contributed by atoms with Gasteiger partial charge in [0.25, 0.3) is 0 Å². The maximum Gasteiger partial charge on any atom is 0.150 e. The second kappa shape index (κ2) is 8.13. The fourth-order valence-corrected chi connectivity index (χ4v) is 2.26. The molecular formula is C11H24N2OS. The van der Waals surface area contributed by atoms with E-state index in [2.05, 4.69) is 17.9 Å². The van der Waals surface area contributed by atoms with Gasteiger partial charge in [-0.05, 0) is 38.3 Å². The minimum atomic E-state index is -0.0267. The van der Waals surface area contributed by atoms with Crippen molar-refractivity contribution in [1.82, 2.24) is 5.32 Å². The first-order chi connectivity index (χ1) is 6.77. The van der Waals surface area contributed by atoms with Crippen molar-refractivity contribution in [2.24, 2.45) is 11.7 Å². The predicted octanol–water partition coefficient (Wildman–Crippen LogP) is 1.23. The Bertz CT molecular complexity index is 187. The minimum absolute atomic E-state index is 0. The van der Waals surface area contributed by atoms with E-state index < -0.39 is 0 Å². The van der Waals surface area contributed by atoms with Crippen molar-refractivity contribution in [2.75, 3.05) is 18.8 Å². The summed E-state index contributed by atoms with van der Waals surface area (Å²) >= 11 is 4.17. The van der Waals surface area contributed by atoms with Crippen LogP contribution < -0.4 is 11.1 Å². The van der Waals surface area contributed by atoms with Crippen LogP contribution >= 0.6 is 12.6 Å². The number of carbonyl (C=O) groups excluding carboxylic acids is 1. The smallest absolute Gasteiger partial charge is 0.150 e. The second-order valence-corrected chi connectivity index (χ2v) is 4.31. The third-order valence-corrected chi connectivity index (χ3v) is 3.19. The molecule has 1 fully saturated rings. The molecule has 3 nitrogen and oxygen atoms in total. The summed E-state index contributed by atoms with van der Waals surface area (Å²) in [5.74, 6) is 1.46. The number of rotatable bonds is 4. The Kier molecular flexibility index (Phi) is 8.10. The van der Waals surface area contributed by atoms with Gasteiger partial charge in [-0.25, -0.2) is 0 Å². The summed E-state index contributed by atoms with van der Waals surface area (Å²) in [6.07, 6.45) is 3.92. The summed E-state index contributed by atoms with van der Waals surface area (Å²) in [7, 11) is 0. The van der Waals surface area contributed by atoms with Crippen LogP contribution in [0.3, 0.4) is 0 Å². The van der Waals surface area contributed by atoms with Crippen molar-refractivity contribution in [3.05, 3.63) is 0 Å². The number of hydrogen-bond acceptors (Lipinski definition) is 4. The molecule has 90 valence electrons. The normalized spacial score (nSPS) is 26.9. The predicted molar refractivity (Wildman–Crippen MR) is 68.4 cm³/mol. The van der Waals surface area contributed by atoms with Gasteiger partial charge in [0.2, 0.25) is 0 Å². The SMILES string of the molecule is C.NCCCC1CCN[C@@H](CS)C(=O)C1. The first-order valence-electron chi connectivity index (χ1n) is 5.35. The van der Waals surface area contributed by atoms with E-state index in [9.17, 15) is 4.79 Å². The molecule has 0 aromatic heterocycles. The van der Waals surface area contributed by atoms with Crippen LogP contribution in [0, 0.1) is 5.92 Å². The number of hydrogen-bond donors (Lipinski definition) is 3. The zero-order chi connectivity index (χ0) is 10.4. The molecule has 0 spiro atoms. The summed E-state index contributed by atoms with van der Waals surface area (Å²) in [5.41, 5.74) is 5.46. The highest BCUT2D eigenvalue weighted by atomic mass is 32.1. The van der Waals surface area contributed by atoms with Crippen molar-refractivity contribution in [2.45, 2.75) is 39.2 Å². The third kappa shape index (κ3) is 5.00. The topological polar surface area (TPSA) is 55.1 Å². The highest BCUT2D eigenvalue weighted by Gasteiger charge is 2.24. The molecule has 0 aromatic rings. The van der Waals surface area contributed by atoms with Crippen molar-refractivity contribution in [3.63, 3.8) is 0 Å². The van der Waals surface area contributed by atoms with E-state index in [1.165, 1.54) is 0 Å². The van der Waals surface area contributed by atoms with E-state index in [1.54, 1.807) is 0 Å². The first kappa shape index (κ1) is 14.9. The van der Waals surface area contributed by atoms with Gasteiger partial charge in [0.15, 0.2) is 5.78 Å². The molecule has 0 aromatic carbocycles. The van der Waals surface area contributed by atoms with Crippen molar-refractivity contribution in [1.29, 1.82) is 0 Å². The largest absolute Gasteiger partial charge is 0.330 e. The highest BCUT2D eigenvalue weighted by molar-refractivity contribution is 7.80. The highest BCUT2D eigenvalue weighted by Crippen LogP contribution is 2.19. The molecule has 1 aliphatic heterocycles. The average Bonchev–Trinajstić information content (AvgIpc) is 2.36. The van der Waals surface area contributed by atoms with Gasteiger partial charge < -0.3 is 11.1 Å². The fraction of sp³-hybridized carbons (Fsp3) is 0.909. The van der Waals surface area contributed by atoms with Gasteiger partial charge >= 0.3 is 0 Å². The summed E-state index contributed by atoms with van der Waals surface area (Å²) < 4.78 is 0. The Labute approximate surface area is 98.6 Å². The lowest BCUT2D eigenvalue weighted by Gasteiger charge is -2.12. The Morgan fingerprint density at radius 2 is 2.27 bits per heavy atom. The number of nitrogens with one attached hydrogen (secondary N) is 1. The molecule has 4 heteroatoms. The van der Waals surface area contributed by atoms with E-state index >= 15 is 0 Å². The van der Waals surface area contributed by atoms with Crippen LogP contribution in [0.5, 0.6) is 0 Å². The molecule has 0 saturated carbocycles. The van der Waals surface area contributed by atoms with Crippen LogP contribution in [0.15, 0.2) is 0 Å². The molecule has 15 heavy (non-hydrogen) atoms. The van der Waals surface area contributed by atoms with Gasteiger partial charge in [-0.3, -0.25) is 4.79 Å². The molecule has 1 saturated heterocycles. The van der Waals surface area contributed by atoms with Gasteiger partial charge in [-0.2, -0.15) is 12.6 Å². The lowest BCUT2D eigenvalue weighted by molar-refractivity contribution is -0.120. The quantitative estimate of drug-likeness (QED) is 0.639. The minimum Gasteiger partial charge on any atom is -0.330 e. The average molecular weight is 232 g/mol. The molecule has 1 aliphatic rings. The monoisotopic (exact) mass is 232 g/mol. The number of ketones is 1. The molecule has 0 amide bonds. The van der Waals surface area contributed by atoms with Gasteiger partial charge in [-0.1, -0.05) is 7.43 Å². The van der Waals surface area contributed by atoms with E-state index in [0.29, 0.717) is 23.9 Å². The number of Topliss-reactive ketones (excluding diaryl/α,β-unsaturated/α-hetero) is 1. The Hall–Kier alpha value is -0.0600. The third-order valence-electron chi connectivity index (χ3n) is 2.82. The molecule has 1 rings (SSSR count). The first-order valence-corrected chi connectivity index (χ1v) is 5.98. The van der Waals surface area contributed by atoms with Crippen molar-refractivity contribution < 1.29 is 4.79 Å². The van der Waals surface area contributed by atoms with E-state index in [4.69, 9.17) is 5.73 Å². The van der Waals surface area contributed by atoms with Crippen LogP contribution in [0.2, 0.25) is 0 Å². The van der Waals surface area contributed by atoms with Gasteiger partial charge in [0, 0.05) is 12.2 Å². The Balaban J connectivity index is 0.00000196. The molecule has 0 bridgehead atoms. The second-order valence-electron chi connectivity index (χ2n) is 3.95. The zero-order valence-electron chi connectivity index (χ0n) is 8.54. The summed E-state index contributed by atoms with van der Waals surface area (Å²) in [5, 5.41) is 3.23. The summed E-state index contributed by atoms with van der Waals surface area (Å²) in [4.78, 5) is 11.7. The van der Waals surface area contributed by atoms with Gasteiger partial charge in [-0.15, -0.1) is 0 Å². The van der Waals surface area contributed by atoms with E-state index in [0.717, 1.165) is 32.4 Å². The van der Waals surface area contributed by atoms with Crippen LogP contribution in [-0.4, -0.2) is 30.7 Å². The van der Waals surface area contributed by atoms with Crippen molar-refractivity contribution in [3.8, 4) is 0 Å². The Morgan fingerprint density at radius 3 is 2.87 bits per heavy atom. The van der Waals surface area contributed by atoms with Crippen LogP contribution in [0.4, 0.5) is 0 Å². The molecule has 1 heterocycles. The van der Waals surface area contributed by atoms with Crippen LogP contribution in [0.25, 0.3) is 0 Å². The summed E-state index contributed by atoms with van der Waals surface area (Å²) in [6, 6.07) is -0.0267. The summed E-state index contributed by atoms with van der Waals surface area (Å²) in [6.45, 7) is 1.67. The Morgan fingerprint density at radius 1 is 1.53 bits per heavy atom. The van der Waals surface area contributed by atoms with Crippen LogP contribution in [-0.2, 0) is 4.79 Å². The van der Waals surface area contributed by atoms with Gasteiger partial charge in [0.05, 0.1) is 6.04 Å². The molecule has 2 atom stereocenters. The maximum absolute atomic E-state index is 11.7. The zero-order valence-corrected chi connectivity index (χ0v) is 9.43. The number of nitrogens with two attached hydrogens (primary N) is 1. The number of thiol groups is 1. The molecule has 1 unspecified atom stereocenters. The van der Waals surface area contributed by atoms with Crippen molar-refractivity contribution >= 4 is 18.4 Å². The lowest BCUT2D eigenvalue weighted by Crippen LogP contribution is -2.36. The molecule has 0 radical (unpaired) electrons. The number of carbonyl (C=O) groups is 1.